The average Bonchev–Trinajstić information content (AvgIpc) is 3.09. The molecule has 3 aromatic rings. The Hall–Kier alpha value is -2.06. The fourth-order valence-electron chi connectivity index (χ4n) is 2.25. The van der Waals surface area contributed by atoms with E-state index in [9.17, 15) is 4.39 Å². The molecule has 9 heteroatoms. The molecule has 0 amide bonds. The zero-order chi connectivity index (χ0) is 17.3. The molecule has 0 aliphatic heterocycles. The van der Waals surface area contributed by atoms with Crippen molar-refractivity contribution >= 4 is 23.4 Å². The van der Waals surface area contributed by atoms with Crippen molar-refractivity contribution in [3.05, 3.63) is 40.8 Å². The van der Waals surface area contributed by atoms with Gasteiger partial charge in [0.15, 0.2) is 11.0 Å². The van der Waals surface area contributed by atoms with Crippen molar-refractivity contribution in [2.24, 2.45) is 14.1 Å². The molecule has 0 bridgehead atoms. The molecule has 2 aromatic heterocycles. The summed E-state index contributed by atoms with van der Waals surface area (Å²) in [7, 11) is 5.20. The summed E-state index contributed by atoms with van der Waals surface area (Å²) >= 11 is 7.42. The van der Waals surface area contributed by atoms with Crippen molar-refractivity contribution in [2.45, 2.75) is 10.9 Å². The van der Waals surface area contributed by atoms with Gasteiger partial charge >= 0.3 is 0 Å². The van der Waals surface area contributed by atoms with E-state index in [0.29, 0.717) is 33.2 Å². The number of halogens is 2. The van der Waals surface area contributed by atoms with E-state index in [2.05, 4.69) is 15.3 Å². The average molecular weight is 368 g/mol. The van der Waals surface area contributed by atoms with Gasteiger partial charge in [0, 0.05) is 36.6 Å². The lowest BCUT2D eigenvalue weighted by Gasteiger charge is -2.06. The second-order valence-corrected chi connectivity index (χ2v) is 6.43. The number of rotatable bonds is 5. The minimum absolute atomic E-state index is 0.327. The third-order valence-electron chi connectivity index (χ3n) is 3.47. The van der Waals surface area contributed by atoms with E-state index in [1.54, 1.807) is 31.0 Å². The fraction of sp³-hybridized carbons (Fsp3) is 0.267. The van der Waals surface area contributed by atoms with Crippen LogP contribution in [0.4, 0.5) is 4.39 Å². The molecule has 0 unspecified atom stereocenters. The first-order chi connectivity index (χ1) is 11.5. The van der Waals surface area contributed by atoms with Crippen molar-refractivity contribution in [3.8, 4) is 17.3 Å². The monoisotopic (exact) mass is 367 g/mol. The van der Waals surface area contributed by atoms with Crippen molar-refractivity contribution in [2.75, 3.05) is 7.11 Å². The summed E-state index contributed by atoms with van der Waals surface area (Å²) in [6.07, 6.45) is 1.81. The van der Waals surface area contributed by atoms with Gasteiger partial charge in [-0.05, 0) is 12.1 Å². The smallest absolute Gasteiger partial charge is 0.243 e. The minimum Gasteiger partial charge on any atom is -0.479 e. The van der Waals surface area contributed by atoms with Crippen LogP contribution in [-0.2, 0) is 19.8 Å². The predicted octanol–water partition coefficient (Wildman–Crippen LogP) is 3.31. The van der Waals surface area contributed by atoms with Crippen LogP contribution in [0.5, 0.6) is 5.88 Å². The highest BCUT2D eigenvalue weighted by Gasteiger charge is 2.19. The molecule has 24 heavy (non-hydrogen) atoms. The van der Waals surface area contributed by atoms with E-state index in [4.69, 9.17) is 16.3 Å². The molecule has 0 aliphatic rings. The molecule has 126 valence electrons. The molecule has 1 aromatic carbocycles. The minimum atomic E-state index is -0.327. The number of aryl methyl sites for hydroxylation is 1. The molecule has 0 saturated heterocycles. The zero-order valence-electron chi connectivity index (χ0n) is 13.3. The molecule has 3 rings (SSSR count). The van der Waals surface area contributed by atoms with Gasteiger partial charge in [-0.15, -0.1) is 15.3 Å². The van der Waals surface area contributed by atoms with E-state index >= 15 is 0 Å². The number of thioether (sulfide) groups is 1. The first-order valence-corrected chi connectivity index (χ1v) is 8.40. The Bertz CT molecular complexity index is 859. The van der Waals surface area contributed by atoms with Gasteiger partial charge in [0.2, 0.25) is 5.88 Å². The van der Waals surface area contributed by atoms with Crippen LogP contribution >= 0.6 is 23.4 Å². The Morgan fingerprint density at radius 2 is 2.08 bits per heavy atom. The maximum atomic E-state index is 13.9. The molecule has 2 heterocycles. The van der Waals surface area contributed by atoms with Crippen LogP contribution in [0.3, 0.4) is 0 Å². The molecule has 0 aliphatic carbocycles. The quantitative estimate of drug-likeness (QED) is 0.647. The molecular weight excluding hydrogens is 353 g/mol. The van der Waals surface area contributed by atoms with Crippen molar-refractivity contribution in [1.29, 1.82) is 0 Å². The molecule has 0 atom stereocenters. The number of benzene rings is 1. The summed E-state index contributed by atoms with van der Waals surface area (Å²) in [4.78, 5) is 0. The zero-order valence-corrected chi connectivity index (χ0v) is 14.9. The normalized spacial score (nSPS) is 11.0. The van der Waals surface area contributed by atoms with Gasteiger partial charge in [0.25, 0.3) is 0 Å². The predicted molar refractivity (Wildman–Crippen MR) is 90.7 cm³/mol. The summed E-state index contributed by atoms with van der Waals surface area (Å²) < 4.78 is 22.6. The summed E-state index contributed by atoms with van der Waals surface area (Å²) in [5.41, 5.74) is 1.19. The van der Waals surface area contributed by atoms with Gasteiger partial charge in [-0.3, -0.25) is 4.68 Å². The van der Waals surface area contributed by atoms with Crippen LogP contribution in [0.1, 0.15) is 5.56 Å². The van der Waals surface area contributed by atoms with E-state index in [0.717, 1.165) is 5.56 Å². The van der Waals surface area contributed by atoms with Crippen LogP contribution in [0.2, 0.25) is 5.02 Å². The number of methoxy groups -OCH3 is 1. The van der Waals surface area contributed by atoms with Crippen LogP contribution < -0.4 is 4.74 Å². The summed E-state index contributed by atoms with van der Waals surface area (Å²) in [5, 5.41) is 13.6. The van der Waals surface area contributed by atoms with Crippen molar-refractivity contribution in [1.82, 2.24) is 24.5 Å². The van der Waals surface area contributed by atoms with E-state index in [1.165, 1.54) is 17.8 Å². The SMILES string of the molecule is COc1nn(C)cc1-c1nnc(SCc2c(F)cccc2Cl)n1C. The van der Waals surface area contributed by atoms with Crippen molar-refractivity contribution in [3.63, 3.8) is 0 Å². The lowest BCUT2D eigenvalue weighted by Crippen LogP contribution is -1.97. The van der Waals surface area contributed by atoms with Crippen LogP contribution in [0.25, 0.3) is 11.4 Å². The summed E-state index contributed by atoms with van der Waals surface area (Å²) in [6.45, 7) is 0. The number of ether oxygens (including phenoxy) is 1. The third-order valence-corrected chi connectivity index (χ3v) is 4.87. The maximum absolute atomic E-state index is 13.9. The number of hydrogen-bond donors (Lipinski definition) is 0. The van der Waals surface area contributed by atoms with Gasteiger partial charge < -0.3 is 9.30 Å². The van der Waals surface area contributed by atoms with Gasteiger partial charge in [0.1, 0.15) is 11.4 Å². The molecule has 0 radical (unpaired) electrons. The first-order valence-electron chi connectivity index (χ1n) is 7.04. The molecule has 6 nitrogen and oxygen atoms in total. The molecular formula is C15H15ClFN5OS. The van der Waals surface area contributed by atoms with E-state index in [1.807, 2.05) is 17.8 Å². The van der Waals surface area contributed by atoms with Crippen LogP contribution in [0, 0.1) is 5.82 Å². The first kappa shape index (κ1) is 16.8. The summed E-state index contributed by atoms with van der Waals surface area (Å²) in [5.74, 6) is 1.14. The number of hydrogen-bond acceptors (Lipinski definition) is 5. The highest BCUT2D eigenvalue weighted by atomic mass is 35.5. The standard InChI is InChI=1S/C15H15ClFN5OS/c1-21-7-9(14(20-21)23-3)13-18-19-15(22(13)2)24-8-10-11(16)5-4-6-12(10)17/h4-7H,8H2,1-3H3. The molecule has 0 fully saturated rings. The van der Waals surface area contributed by atoms with E-state index < -0.39 is 0 Å². The molecule has 0 spiro atoms. The Morgan fingerprint density at radius 1 is 1.29 bits per heavy atom. The number of aromatic nitrogens is 5. The topological polar surface area (TPSA) is 57.8 Å². The molecule has 0 N–H and O–H groups in total. The lowest BCUT2D eigenvalue weighted by molar-refractivity contribution is 0.393. The Labute approximate surface area is 147 Å². The second-order valence-electron chi connectivity index (χ2n) is 5.08. The highest BCUT2D eigenvalue weighted by molar-refractivity contribution is 7.98. The van der Waals surface area contributed by atoms with Crippen molar-refractivity contribution < 1.29 is 9.13 Å². The highest BCUT2D eigenvalue weighted by Crippen LogP contribution is 2.31. The molecule has 0 saturated carbocycles. The third kappa shape index (κ3) is 3.11. The van der Waals surface area contributed by atoms with Gasteiger partial charge in [0.05, 0.1) is 7.11 Å². The Morgan fingerprint density at radius 3 is 2.79 bits per heavy atom. The van der Waals surface area contributed by atoms with Crippen LogP contribution in [-0.4, -0.2) is 31.7 Å². The number of nitrogens with zero attached hydrogens (tertiary/aromatic N) is 5. The Kier molecular flexibility index (Phi) is 4.77. The van der Waals surface area contributed by atoms with Gasteiger partial charge in [-0.2, -0.15) is 0 Å². The van der Waals surface area contributed by atoms with Gasteiger partial charge in [-0.25, -0.2) is 4.39 Å². The lowest BCUT2D eigenvalue weighted by atomic mass is 10.2. The second kappa shape index (κ2) is 6.82. The Balaban J connectivity index is 1.85. The van der Waals surface area contributed by atoms with E-state index in [-0.39, 0.29) is 5.82 Å². The van der Waals surface area contributed by atoms with Gasteiger partial charge in [-0.1, -0.05) is 29.4 Å². The maximum Gasteiger partial charge on any atom is 0.243 e. The fourth-order valence-corrected chi connectivity index (χ4v) is 3.51. The largest absolute Gasteiger partial charge is 0.479 e. The summed E-state index contributed by atoms with van der Waals surface area (Å²) in [6, 6.07) is 4.65. The van der Waals surface area contributed by atoms with Crippen LogP contribution in [0.15, 0.2) is 29.6 Å².